The van der Waals surface area contributed by atoms with Crippen molar-refractivity contribution in [1.82, 2.24) is 0 Å². The quantitative estimate of drug-likeness (QED) is 0.693. The van der Waals surface area contributed by atoms with E-state index in [2.05, 4.69) is 25.2 Å². The molecule has 84 valence electrons. The van der Waals surface area contributed by atoms with E-state index in [1.165, 1.54) is 30.5 Å². The van der Waals surface area contributed by atoms with Crippen molar-refractivity contribution in [2.45, 2.75) is 26.2 Å². The lowest BCUT2D eigenvalue weighted by molar-refractivity contribution is 0.585. The summed E-state index contributed by atoms with van der Waals surface area (Å²) in [6.45, 7) is 2.22. The van der Waals surface area contributed by atoms with Crippen molar-refractivity contribution >= 4 is 5.57 Å². The predicted octanol–water partition coefficient (Wildman–Crippen LogP) is 4.59. The van der Waals surface area contributed by atoms with Gasteiger partial charge in [0.15, 0.2) is 0 Å². The maximum Gasteiger partial charge on any atom is 0.123 e. The summed E-state index contributed by atoms with van der Waals surface area (Å²) in [5.74, 6) is 0.516. The molecule has 1 heteroatoms. The van der Waals surface area contributed by atoms with Crippen LogP contribution < -0.4 is 0 Å². The van der Waals surface area contributed by atoms with Gasteiger partial charge in [0.2, 0.25) is 0 Å². The van der Waals surface area contributed by atoms with E-state index in [0.29, 0.717) is 5.92 Å². The lowest BCUT2D eigenvalue weighted by Crippen LogP contribution is -1.99. The Morgan fingerprint density at radius 1 is 1.25 bits per heavy atom. The number of hydrogen-bond acceptors (Lipinski definition) is 0. The van der Waals surface area contributed by atoms with Crippen molar-refractivity contribution in [3.63, 3.8) is 0 Å². The topological polar surface area (TPSA) is 0 Å². The maximum absolute atomic E-state index is 12.8. The highest BCUT2D eigenvalue weighted by Gasteiger charge is 2.08. The molecule has 1 aliphatic carbocycles. The third-order valence-corrected chi connectivity index (χ3v) is 3.03. The van der Waals surface area contributed by atoms with Crippen LogP contribution >= 0.6 is 0 Å². The molecule has 0 saturated heterocycles. The van der Waals surface area contributed by atoms with Crippen LogP contribution in [0.15, 0.2) is 42.5 Å². The number of allylic oxidation sites excluding steroid dienone is 4. The Labute approximate surface area is 96.5 Å². The number of halogens is 1. The Bertz CT molecular complexity index is 398. The molecular weight excluding hydrogens is 199 g/mol. The summed E-state index contributed by atoms with van der Waals surface area (Å²) in [6.07, 6.45) is 10.3. The Morgan fingerprint density at radius 2 is 2.00 bits per heavy atom. The van der Waals surface area contributed by atoms with E-state index in [0.717, 1.165) is 12.0 Å². The minimum atomic E-state index is -0.173. The van der Waals surface area contributed by atoms with Crippen LogP contribution in [-0.4, -0.2) is 0 Å². The molecule has 0 radical (unpaired) electrons. The molecule has 0 N–H and O–H groups in total. The summed E-state index contributed by atoms with van der Waals surface area (Å²) in [5, 5.41) is 0. The summed E-state index contributed by atoms with van der Waals surface area (Å²) in [6, 6.07) is 6.71. The summed E-state index contributed by atoms with van der Waals surface area (Å²) < 4.78 is 12.8. The first-order valence-electron chi connectivity index (χ1n) is 5.94. The van der Waals surface area contributed by atoms with Gasteiger partial charge in [-0.3, -0.25) is 0 Å². The second-order valence-electron chi connectivity index (χ2n) is 4.31. The van der Waals surface area contributed by atoms with Gasteiger partial charge in [0.25, 0.3) is 0 Å². The second-order valence-corrected chi connectivity index (χ2v) is 4.31. The fourth-order valence-electron chi connectivity index (χ4n) is 2.11. The molecule has 0 heterocycles. The summed E-state index contributed by atoms with van der Waals surface area (Å²) in [4.78, 5) is 0. The normalized spacial score (nSPS) is 19.6. The molecule has 0 nitrogen and oxygen atoms in total. The minimum Gasteiger partial charge on any atom is -0.207 e. The van der Waals surface area contributed by atoms with Gasteiger partial charge in [-0.2, -0.15) is 0 Å². The molecule has 0 bridgehead atoms. The second kappa shape index (κ2) is 5.11. The van der Waals surface area contributed by atoms with E-state index in [-0.39, 0.29) is 5.82 Å². The van der Waals surface area contributed by atoms with E-state index in [1.807, 2.05) is 12.1 Å². The smallest absolute Gasteiger partial charge is 0.123 e. The Balaban J connectivity index is 2.08. The van der Waals surface area contributed by atoms with E-state index < -0.39 is 0 Å². The molecular formula is C15H17F. The fourth-order valence-corrected chi connectivity index (χ4v) is 2.11. The van der Waals surface area contributed by atoms with Gasteiger partial charge >= 0.3 is 0 Å². The zero-order chi connectivity index (χ0) is 11.4. The Hall–Kier alpha value is -1.37. The average molecular weight is 216 g/mol. The van der Waals surface area contributed by atoms with Crippen molar-refractivity contribution in [3.05, 3.63) is 53.9 Å². The molecule has 0 spiro atoms. The largest absolute Gasteiger partial charge is 0.207 e. The van der Waals surface area contributed by atoms with E-state index in [4.69, 9.17) is 0 Å². The number of hydrogen-bond donors (Lipinski definition) is 0. The van der Waals surface area contributed by atoms with Crippen molar-refractivity contribution < 1.29 is 4.39 Å². The van der Waals surface area contributed by atoms with Crippen LogP contribution in [0.2, 0.25) is 0 Å². The Morgan fingerprint density at radius 3 is 2.56 bits per heavy atom. The summed E-state index contributed by atoms with van der Waals surface area (Å²) in [7, 11) is 0. The summed E-state index contributed by atoms with van der Waals surface area (Å²) in [5.41, 5.74) is 2.32. The molecule has 1 atom stereocenters. The van der Waals surface area contributed by atoms with Crippen molar-refractivity contribution in [3.8, 4) is 0 Å². The fraction of sp³-hybridized carbons (Fsp3) is 0.333. The molecule has 1 unspecified atom stereocenters. The minimum absolute atomic E-state index is 0.173. The van der Waals surface area contributed by atoms with Gasteiger partial charge in [0.1, 0.15) is 5.82 Å². The standard InChI is InChI=1S/C15H17F/c1-2-3-12-4-6-13(7-5-12)14-8-10-15(16)11-9-14/h4,6-12H,2-3,5H2,1H3. The first kappa shape index (κ1) is 11.1. The van der Waals surface area contributed by atoms with Crippen LogP contribution in [0.5, 0.6) is 0 Å². The van der Waals surface area contributed by atoms with Gasteiger partial charge in [0.05, 0.1) is 0 Å². The summed E-state index contributed by atoms with van der Waals surface area (Å²) >= 11 is 0. The molecule has 1 aromatic rings. The molecule has 16 heavy (non-hydrogen) atoms. The zero-order valence-corrected chi connectivity index (χ0v) is 9.62. The molecule has 0 aliphatic heterocycles. The van der Waals surface area contributed by atoms with Crippen LogP contribution in [-0.2, 0) is 0 Å². The number of rotatable bonds is 3. The first-order valence-corrected chi connectivity index (χ1v) is 5.94. The SMILES string of the molecule is CCCC1C=CC(c2ccc(F)cc2)=CC1. The highest BCUT2D eigenvalue weighted by atomic mass is 19.1. The zero-order valence-electron chi connectivity index (χ0n) is 9.62. The number of benzene rings is 1. The molecule has 1 aliphatic rings. The lowest BCUT2D eigenvalue weighted by Gasteiger charge is -2.15. The third kappa shape index (κ3) is 2.60. The molecule has 0 saturated carbocycles. The molecule has 2 rings (SSSR count). The van der Waals surface area contributed by atoms with Crippen LogP contribution in [0.1, 0.15) is 31.7 Å². The Kier molecular flexibility index (Phi) is 3.55. The molecule has 0 amide bonds. The van der Waals surface area contributed by atoms with Crippen molar-refractivity contribution in [1.29, 1.82) is 0 Å². The first-order chi connectivity index (χ1) is 7.79. The van der Waals surface area contributed by atoms with E-state index in [1.54, 1.807) is 0 Å². The van der Waals surface area contributed by atoms with Crippen LogP contribution in [0.3, 0.4) is 0 Å². The van der Waals surface area contributed by atoms with Crippen molar-refractivity contribution in [2.75, 3.05) is 0 Å². The van der Waals surface area contributed by atoms with E-state index >= 15 is 0 Å². The van der Waals surface area contributed by atoms with Crippen LogP contribution in [0.25, 0.3) is 5.57 Å². The maximum atomic E-state index is 12.8. The monoisotopic (exact) mass is 216 g/mol. The molecule has 0 aromatic heterocycles. The highest BCUT2D eigenvalue weighted by molar-refractivity contribution is 5.74. The molecule has 1 aromatic carbocycles. The average Bonchev–Trinajstić information content (AvgIpc) is 2.32. The molecule has 0 fully saturated rings. The van der Waals surface area contributed by atoms with Gasteiger partial charge in [0, 0.05) is 0 Å². The van der Waals surface area contributed by atoms with Crippen LogP contribution in [0.4, 0.5) is 4.39 Å². The van der Waals surface area contributed by atoms with Gasteiger partial charge in [-0.05, 0) is 42.0 Å². The van der Waals surface area contributed by atoms with Gasteiger partial charge in [-0.15, -0.1) is 0 Å². The van der Waals surface area contributed by atoms with Gasteiger partial charge in [-0.25, -0.2) is 4.39 Å². The van der Waals surface area contributed by atoms with Crippen LogP contribution in [0, 0.1) is 11.7 Å². The van der Waals surface area contributed by atoms with Gasteiger partial charge in [-0.1, -0.05) is 43.7 Å². The highest BCUT2D eigenvalue weighted by Crippen LogP contribution is 2.26. The lowest BCUT2D eigenvalue weighted by atomic mass is 9.90. The predicted molar refractivity (Wildman–Crippen MR) is 66.5 cm³/mol. The van der Waals surface area contributed by atoms with Crippen molar-refractivity contribution in [2.24, 2.45) is 5.92 Å². The third-order valence-electron chi connectivity index (χ3n) is 3.03. The van der Waals surface area contributed by atoms with E-state index in [9.17, 15) is 4.39 Å². The van der Waals surface area contributed by atoms with Gasteiger partial charge < -0.3 is 0 Å².